The van der Waals surface area contributed by atoms with Gasteiger partial charge in [0.1, 0.15) is 5.82 Å². The Morgan fingerprint density at radius 2 is 1.70 bits per heavy atom. The molecule has 0 radical (unpaired) electrons. The molecule has 0 spiro atoms. The molecule has 1 N–H and O–H groups in total. The molecule has 3 rings (SSSR count). The van der Waals surface area contributed by atoms with E-state index >= 15 is 0 Å². The number of carbonyl (C=O) groups excluding carboxylic acids is 1. The van der Waals surface area contributed by atoms with Gasteiger partial charge < -0.3 is 5.32 Å². The first-order valence-electron chi connectivity index (χ1n) is 7.98. The summed E-state index contributed by atoms with van der Waals surface area (Å²) in [6.07, 6.45) is 0. The largest absolute Gasteiger partial charge is 0.322 e. The summed E-state index contributed by atoms with van der Waals surface area (Å²) in [4.78, 5) is 12.5. The fourth-order valence-corrected chi connectivity index (χ4v) is 4.26. The van der Waals surface area contributed by atoms with Gasteiger partial charge in [0.2, 0.25) is 0 Å². The van der Waals surface area contributed by atoms with Crippen molar-refractivity contribution in [3.63, 3.8) is 0 Å². The molecule has 0 aliphatic carbocycles. The lowest BCUT2D eigenvalue weighted by Crippen LogP contribution is -2.14. The van der Waals surface area contributed by atoms with Crippen molar-refractivity contribution in [2.45, 2.75) is 10.6 Å². The van der Waals surface area contributed by atoms with Crippen molar-refractivity contribution >= 4 is 37.4 Å². The first kappa shape index (κ1) is 19.3. The molecule has 0 aromatic heterocycles. The third-order valence-electron chi connectivity index (χ3n) is 3.82. The summed E-state index contributed by atoms with van der Waals surface area (Å²) in [7, 11) is -3.50. The standard InChI is InChI=1S/C20H15BrFNO3S/c21-15-9-10-19(22)18(12-15)20(24)23-16-6-4-5-14(11-16)13-27(25,26)17-7-2-1-3-8-17/h1-12H,13H2,(H,23,24). The van der Waals surface area contributed by atoms with Gasteiger partial charge in [-0.15, -0.1) is 0 Å². The van der Waals surface area contributed by atoms with Crippen LogP contribution < -0.4 is 5.32 Å². The molecule has 0 fully saturated rings. The Hall–Kier alpha value is -2.51. The minimum atomic E-state index is -3.50. The second kappa shape index (κ2) is 8.02. The third kappa shape index (κ3) is 4.81. The summed E-state index contributed by atoms with van der Waals surface area (Å²) in [5.41, 5.74) is 0.804. The molecule has 0 saturated heterocycles. The van der Waals surface area contributed by atoms with E-state index in [1.54, 1.807) is 42.5 Å². The van der Waals surface area contributed by atoms with Crippen molar-refractivity contribution in [1.82, 2.24) is 0 Å². The van der Waals surface area contributed by atoms with Gasteiger partial charge in [-0.2, -0.15) is 0 Å². The Kier molecular flexibility index (Phi) is 5.72. The summed E-state index contributed by atoms with van der Waals surface area (Å²) < 4.78 is 39.4. The summed E-state index contributed by atoms with van der Waals surface area (Å²) in [5, 5.41) is 2.60. The maximum Gasteiger partial charge on any atom is 0.258 e. The number of nitrogens with one attached hydrogen (secondary N) is 1. The van der Waals surface area contributed by atoms with E-state index in [0.717, 1.165) is 0 Å². The highest BCUT2D eigenvalue weighted by atomic mass is 79.9. The molecule has 0 aliphatic heterocycles. The molecular weight excluding hydrogens is 433 g/mol. The summed E-state index contributed by atoms with van der Waals surface area (Å²) >= 11 is 3.20. The number of sulfone groups is 1. The van der Waals surface area contributed by atoms with Gasteiger partial charge in [0, 0.05) is 10.2 Å². The molecule has 4 nitrogen and oxygen atoms in total. The topological polar surface area (TPSA) is 63.2 Å². The van der Waals surface area contributed by atoms with E-state index in [0.29, 0.717) is 15.7 Å². The van der Waals surface area contributed by atoms with Crippen LogP contribution in [-0.2, 0) is 15.6 Å². The molecule has 1 amide bonds. The highest BCUT2D eigenvalue weighted by Gasteiger charge is 2.16. The molecule has 0 bridgehead atoms. The number of anilines is 1. The van der Waals surface area contributed by atoms with Crippen LogP contribution in [0.5, 0.6) is 0 Å². The van der Waals surface area contributed by atoms with E-state index in [2.05, 4.69) is 21.2 Å². The van der Waals surface area contributed by atoms with Gasteiger partial charge in [-0.25, -0.2) is 12.8 Å². The van der Waals surface area contributed by atoms with Crippen LogP contribution in [0.1, 0.15) is 15.9 Å². The molecule has 138 valence electrons. The summed E-state index contributed by atoms with van der Waals surface area (Å²) in [6, 6.07) is 18.7. The molecule has 0 aliphatic rings. The second-order valence-electron chi connectivity index (χ2n) is 5.85. The third-order valence-corrected chi connectivity index (χ3v) is 6.01. The lowest BCUT2D eigenvalue weighted by molar-refractivity contribution is 0.102. The second-order valence-corrected chi connectivity index (χ2v) is 8.76. The van der Waals surface area contributed by atoms with Gasteiger partial charge in [-0.05, 0) is 48.0 Å². The first-order chi connectivity index (χ1) is 12.8. The molecule has 3 aromatic carbocycles. The van der Waals surface area contributed by atoms with Gasteiger partial charge in [0.25, 0.3) is 5.91 Å². The van der Waals surface area contributed by atoms with Crippen LogP contribution in [-0.4, -0.2) is 14.3 Å². The monoisotopic (exact) mass is 447 g/mol. The molecule has 3 aromatic rings. The van der Waals surface area contributed by atoms with Crippen molar-refractivity contribution in [3.8, 4) is 0 Å². The van der Waals surface area contributed by atoms with E-state index in [9.17, 15) is 17.6 Å². The zero-order valence-corrected chi connectivity index (χ0v) is 16.4. The van der Waals surface area contributed by atoms with Crippen molar-refractivity contribution in [2.75, 3.05) is 5.32 Å². The average Bonchev–Trinajstić information content (AvgIpc) is 2.64. The molecule has 27 heavy (non-hydrogen) atoms. The van der Waals surface area contributed by atoms with Gasteiger partial charge in [0.05, 0.1) is 16.2 Å². The number of halogens is 2. The van der Waals surface area contributed by atoms with Crippen molar-refractivity contribution in [2.24, 2.45) is 0 Å². The molecule has 0 unspecified atom stereocenters. The lowest BCUT2D eigenvalue weighted by atomic mass is 10.2. The highest BCUT2D eigenvalue weighted by Crippen LogP contribution is 2.20. The van der Waals surface area contributed by atoms with Crippen molar-refractivity contribution in [1.29, 1.82) is 0 Å². The van der Waals surface area contributed by atoms with E-state index in [4.69, 9.17) is 0 Å². The Morgan fingerprint density at radius 3 is 2.44 bits per heavy atom. The van der Waals surface area contributed by atoms with Crippen molar-refractivity contribution in [3.05, 3.63) is 94.2 Å². The predicted molar refractivity (Wildman–Crippen MR) is 106 cm³/mol. The van der Waals surface area contributed by atoms with Crippen LogP contribution in [0.3, 0.4) is 0 Å². The van der Waals surface area contributed by atoms with Gasteiger partial charge >= 0.3 is 0 Å². The van der Waals surface area contributed by atoms with Crippen LogP contribution in [0, 0.1) is 5.82 Å². The molecule has 0 saturated carbocycles. The fraction of sp³-hybridized carbons (Fsp3) is 0.0500. The van der Waals surface area contributed by atoms with Crippen LogP contribution in [0.4, 0.5) is 10.1 Å². The summed E-state index contributed by atoms with van der Waals surface area (Å²) in [6.45, 7) is 0. The molecule has 7 heteroatoms. The Labute approximate surface area is 165 Å². The Bertz CT molecular complexity index is 1090. The first-order valence-corrected chi connectivity index (χ1v) is 10.4. The maximum absolute atomic E-state index is 13.9. The van der Waals surface area contributed by atoms with E-state index < -0.39 is 21.6 Å². The van der Waals surface area contributed by atoms with Crippen LogP contribution in [0.2, 0.25) is 0 Å². The number of hydrogen-bond acceptors (Lipinski definition) is 3. The number of hydrogen-bond donors (Lipinski definition) is 1. The SMILES string of the molecule is O=C(Nc1cccc(CS(=O)(=O)c2ccccc2)c1)c1cc(Br)ccc1F. The Morgan fingerprint density at radius 1 is 0.963 bits per heavy atom. The normalized spacial score (nSPS) is 11.2. The quantitative estimate of drug-likeness (QED) is 0.609. The van der Waals surface area contributed by atoms with Crippen molar-refractivity contribution < 1.29 is 17.6 Å². The lowest BCUT2D eigenvalue weighted by Gasteiger charge is -2.09. The minimum Gasteiger partial charge on any atom is -0.322 e. The van der Waals surface area contributed by atoms with Gasteiger partial charge in [-0.3, -0.25) is 4.79 Å². The predicted octanol–water partition coefficient (Wildman–Crippen LogP) is 4.81. The zero-order chi connectivity index (χ0) is 19.4. The summed E-state index contributed by atoms with van der Waals surface area (Å²) in [5.74, 6) is -1.46. The maximum atomic E-state index is 13.9. The van der Waals surface area contributed by atoms with Gasteiger partial charge in [-0.1, -0.05) is 46.3 Å². The fourth-order valence-electron chi connectivity index (χ4n) is 2.54. The van der Waals surface area contributed by atoms with Crippen LogP contribution in [0.15, 0.2) is 82.2 Å². The zero-order valence-electron chi connectivity index (χ0n) is 14.0. The van der Waals surface area contributed by atoms with Gasteiger partial charge in [0.15, 0.2) is 9.84 Å². The Balaban J connectivity index is 1.80. The number of benzene rings is 3. The smallest absolute Gasteiger partial charge is 0.258 e. The number of rotatable bonds is 5. The van der Waals surface area contributed by atoms with E-state index in [-0.39, 0.29) is 16.2 Å². The molecular formula is C20H15BrFNO3S. The average molecular weight is 448 g/mol. The van der Waals surface area contributed by atoms with Crippen LogP contribution >= 0.6 is 15.9 Å². The highest BCUT2D eigenvalue weighted by molar-refractivity contribution is 9.10. The number of amides is 1. The minimum absolute atomic E-state index is 0.105. The van der Waals surface area contributed by atoms with E-state index in [1.807, 2.05) is 0 Å². The van der Waals surface area contributed by atoms with Crippen LogP contribution in [0.25, 0.3) is 0 Å². The molecule has 0 atom stereocenters. The number of carbonyl (C=O) groups is 1. The molecule has 0 heterocycles. The van der Waals surface area contributed by atoms with E-state index in [1.165, 1.54) is 30.3 Å².